The fourth-order valence-corrected chi connectivity index (χ4v) is 8.70. The SMILES string of the molecule is C[C@H](CCC(=O)O)C1CCC2C3CC[C@@H]4C[C@H](O)CC[C@]4(C)[C@@]3(O)CC[C@@]21C. The van der Waals surface area contributed by atoms with Gasteiger partial charge in [0.15, 0.2) is 0 Å². The molecular weight excluding hydrogens is 352 g/mol. The van der Waals surface area contributed by atoms with Gasteiger partial charge < -0.3 is 15.3 Å². The molecule has 0 aromatic rings. The van der Waals surface area contributed by atoms with Crippen LogP contribution in [0.1, 0.15) is 91.4 Å². The first kappa shape index (κ1) is 20.7. The Bertz CT molecular complexity index is 620. The van der Waals surface area contributed by atoms with Gasteiger partial charge in [0.25, 0.3) is 0 Å². The summed E-state index contributed by atoms with van der Waals surface area (Å²) >= 11 is 0. The molecule has 0 radical (unpaired) electrons. The van der Waals surface area contributed by atoms with Crippen LogP contribution in [0.3, 0.4) is 0 Å². The maximum atomic E-state index is 12.1. The molecular formula is C24H40O4. The third-order valence-electron chi connectivity index (χ3n) is 10.4. The maximum absolute atomic E-state index is 12.1. The monoisotopic (exact) mass is 392 g/mol. The Labute approximate surface area is 170 Å². The second-order valence-electron chi connectivity index (χ2n) is 11.4. The van der Waals surface area contributed by atoms with Crippen LogP contribution in [0.25, 0.3) is 0 Å². The summed E-state index contributed by atoms with van der Waals surface area (Å²) < 4.78 is 0. The quantitative estimate of drug-likeness (QED) is 0.652. The molecule has 3 N–H and O–H groups in total. The Morgan fingerprint density at radius 2 is 1.75 bits per heavy atom. The minimum absolute atomic E-state index is 0.0521. The molecule has 28 heavy (non-hydrogen) atoms. The van der Waals surface area contributed by atoms with Crippen LogP contribution >= 0.6 is 0 Å². The summed E-state index contributed by atoms with van der Waals surface area (Å²) in [5.74, 6) is 1.73. The number of carboxylic acids is 1. The molecule has 4 nitrogen and oxygen atoms in total. The summed E-state index contributed by atoms with van der Waals surface area (Å²) in [5, 5.41) is 31.4. The van der Waals surface area contributed by atoms with Crippen molar-refractivity contribution >= 4 is 5.97 Å². The van der Waals surface area contributed by atoms with Crippen LogP contribution in [-0.4, -0.2) is 33.0 Å². The zero-order valence-corrected chi connectivity index (χ0v) is 18.0. The van der Waals surface area contributed by atoms with Gasteiger partial charge in [0.05, 0.1) is 11.7 Å². The summed E-state index contributed by atoms with van der Waals surface area (Å²) in [6.07, 6.45) is 10.1. The van der Waals surface area contributed by atoms with Crippen molar-refractivity contribution in [2.75, 3.05) is 0 Å². The van der Waals surface area contributed by atoms with E-state index < -0.39 is 11.6 Å². The molecule has 0 aromatic carbocycles. The predicted molar refractivity (Wildman–Crippen MR) is 109 cm³/mol. The van der Waals surface area contributed by atoms with Gasteiger partial charge >= 0.3 is 5.97 Å². The van der Waals surface area contributed by atoms with Gasteiger partial charge in [-0.05, 0) is 105 Å². The number of carboxylic acid groups (broad SMARTS) is 1. The molecule has 4 aliphatic rings. The summed E-state index contributed by atoms with van der Waals surface area (Å²) in [4.78, 5) is 11.1. The van der Waals surface area contributed by atoms with Crippen molar-refractivity contribution < 1.29 is 20.1 Å². The fourth-order valence-electron chi connectivity index (χ4n) is 8.70. The molecule has 160 valence electrons. The summed E-state index contributed by atoms with van der Waals surface area (Å²) in [7, 11) is 0. The highest BCUT2D eigenvalue weighted by Gasteiger charge is 2.67. The summed E-state index contributed by atoms with van der Waals surface area (Å²) in [6, 6.07) is 0. The second kappa shape index (κ2) is 6.97. The molecule has 3 unspecified atom stereocenters. The van der Waals surface area contributed by atoms with Crippen molar-refractivity contribution in [3.63, 3.8) is 0 Å². The predicted octanol–water partition coefficient (Wildman–Crippen LogP) is 4.62. The molecule has 0 aliphatic heterocycles. The largest absolute Gasteiger partial charge is 0.481 e. The Morgan fingerprint density at radius 3 is 2.46 bits per heavy atom. The highest BCUT2D eigenvalue weighted by molar-refractivity contribution is 5.66. The van der Waals surface area contributed by atoms with Crippen molar-refractivity contribution in [1.82, 2.24) is 0 Å². The lowest BCUT2D eigenvalue weighted by Crippen LogP contribution is -2.65. The smallest absolute Gasteiger partial charge is 0.303 e. The molecule has 4 heteroatoms. The van der Waals surface area contributed by atoms with Crippen molar-refractivity contribution in [3.8, 4) is 0 Å². The zero-order valence-electron chi connectivity index (χ0n) is 18.0. The van der Waals surface area contributed by atoms with E-state index in [1.165, 1.54) is 12.8 Å². The number of aliphatic hydroxyl groups excluding tert-OH is 1. The van der Waals surface area contributed by atoms with Gasteiger partial charge in [-0.25, -0.2) is 0 Å². The first-order valence-corrected chi connectivity index (χ1v) is 11.7. The van der Waals surface area contributed by atoms with E-state index in [-0.39, 0.29) is 23.4 Å². The standard InChI is InChI=1S/C24H40O4/c1-15(4-9-21(26)27)18-7-8-19-20-6-5-16-14-17(25)10-11-23(16,3)24(20,28)13-12-22(18,19)2/h15-20,25,28H,4-14H2,1-3H3,(H,26,27)/t15-,16-,17-,18?,19?,20?,22-,23+,24-/m1/s1. The van der Waals surface area contributed by atoms with E-state index in [0.29, 0.717) is 29.6 Å². The lowest BCUT2D eigenvalue weighted by Gasteiger charge is -2.65. The van der Waals surface area contributed by atoms with E-state index in [9.17, 15) is 15.0 Å². The molecule has 4 aliphatic carbocycles. The Balaban J connectivity index is 1.56. The average Bonchev–Trinajstić information content (AvgIpc) is 2.98. The van der Waals surface area contributed by atoms with E-state index in [0.717, 1.165) is 51.4 Å². The third-order valence-corrected chi connectivity index (χ3v) is 10.4. The van der Waals surface area contributed by atoms with Crippen LogP contribution in [0.4, 0.5) is 0 Å². The number of hydrogen-bond acceptors (Lipinski definition) is 3. The number of rotatable bonds is 4. The number of carbonyl (C=O) groups is 1. The number of fused-ring (bicyclic) bond motifs is 5. The summed E-state index contributed by atoms with van der Waals surface area (Å²) in [6.45, 7) is 7.02. The topological polar surface area (TPSA) is 77.8 Å². The molecule has 0 heterocycles. The molecule has 0 aromatic heterocycles. The minimum atomic E-state index is -0.685. The van der Waals surface area contributed by atoms with Crippen LogP contribution in [0.15, 0.2) is 0 Å². The van der Waals surface area contributed by atoms with E-state index in [4.69, 9.17) is 5.11 Å². The van der Waals surface area contributed by atoms with Gasteiger partial charge in [0, 0.05) is 6.42 Å². The van der Waals surface area contributed by atoms with Crippen molar-refractivity contribution in [3.05, 3.63) is 0 Å². The molecule has 4 rings (SSSR count). The van der Waals surface area contributed by atoms with Crippen LogP contribution < -0.4 is 0 Å². The normalized spacial score (nSPS) is 51.7. The van der Waals surface area contributed by atoms with E-state index >= 15 is 0 Å². The van der Waals surface area contributed by atoms with Crippen LogP contribution in [-0.2, 0) is 4.79 Å². The Morgan fingerprint density at radius 1 is 1.04 bits per heavy atom. The fraction of sp³-hybridized carbons (Fsp3) is 0.958. The van der Waals surface area contributed by atoms with Gasteiger partial charge in [0.2, 0.25) is 0 Å². The van der Waals surface area contributed by atoms with E-state index in [2.05, 4.69) is 20.8 Å². The molecule has 0 amide bonds. The van der Waals surface area contributed by atoms with Crippen molar-refractivity contribution in [2.45, 2.75) is 103 Å². The lowest BCUT2D eigenvalue weighted by molar-refractivity contribution is -0.241. The molecule has 0 bridgehead atoms. The van der Waals surface area contributed by atoms with Crippen LogP contribution in [0.2, 0.25) is 0 Å². The lowest BCUT2D eigenvalue weighted by atomic mass is 9.42. The molecule has 4 saturated carbocycles. The summed E-state index contributed by atoms with van der Waals surface area (Å²) in [5.41, 5.74) is -0.394. The maximum Gasteiger partial charge on any atom is 0.303 e. The minimum Gasteiger partial charge on any atom is -0.481 e. The second-order valence-corrected chi connectivity index (χ2v) is 11.4. The van der Waals surface area contributed by atoms with Gasteiger partial charge in [-0.15, -0.1) is 0 Å². The molecule has 9 atom stereocenters. The van der Waals surface area contributed by atoms with Gasteiger partial charge in [0.1, 0.15) is 0 Å². The first-order valence-electron chi connectivity index (χ1n) is 11.7. The highest BCUT2D eigenvalue weighted by atomic mass is 16.4. The molecule has 4 fully saturated rings. The Kier molecular flexibility index (Phi) is 5.14. The van der Waals surface area contributed by atoms with Gasteiger partial charge in [-0.1, -0.05) is 20.8 Å². The van der Waals surface area contributed by atoms with Crippen LogP contribution in [0, 0.1) is 40.4 Å². The van der Waals surface area contributed by atoms with Gasteiger partial charge in [-0.2, -0.15) is 0 Å². The number of hydrogen-bond donors (Lipinski definition) is 3. The van der Waals surface area contributed by atoms with Gasteiger partial charge in [-0.3, -0.25) is 4.79 Å². The highest BCUT2D eigenvalue weighted by Crippen LogP contribution is 2.69. The molecule has 0 spiro atoms. The zero-order chi connectivity index (χ0) is 20.3. The van der Waals surface area contributed by atoms with Crippen molar-refractivity contribution in [1.29, 1.82) is 0 Å². The van der Waals surface area contributed by atoms with E-state index in [1.807, 2.05) is 0 Å². The number of aliphatic hydroxyl groups is 2. The Hall–Kier alpha value is -0.610. The van der Waals surface area contributed by atoms with E-state index in [1.54, 1.807) is 0 Å². The van der Waals surface area contributed by atoms with Crippen LogP contribution in [0.5, 0.6) is 0 Å². The third kappa shape index (κ3) is 2.88. The first-order chi connectivity index (χ1) is 13.1. The average molecular weight is 393 g/mol. The number of aliphatic carboxylic acids is 1. The van der Waals surface area contributed by atoms with Crippen molar-refractivity contribution in [2.24, 2.45) is 40.4 Å². The molecule has 0 saturated heterocycles.